The molecule has 0 unspecified atom stereocenters. The summed E-state index contributed by atoms with van der Waals surface area (Å²) < 4.78 is 26.8. The summed E-state index contributed by atoms with van der Waals surface area (Å²) in [6.07, 6.45) is 1.34. The Balaban J connectivity index is 1.85. The predicted molar refractivity (Wildman–Crippen MR) is 114 cm³/mol. The SMILES string of the molecule is O=[N+]([O-])c1c(CS(=O)(=O)c2ccccc2)nc2c(Nc3ccccc3)cc(Cl)cn12. The Bertz CT molecular complexity index is 1340. The van der Waals surface area contributed by atoms with Gasteiger partial charge in [-0.05, 0) is 35.3 Å². The van der Waals surface area contributed by atoms with Crippen LogP contribution in [-0.4, -0.2) is 22.7 Å². The van der Waals surface area contributed by atoms with Gasteiger partial charge in [0.15, 0.2) is 15.5 Å². The van der Waals surface area contributed by atoms with E-state index >= 15 is 0 Å². The minimum atomic E-state index is -3.83. The third kappa shape index (κ3) is 3.85. The minimum Gasteiger partial charge on any atom is -0.358 e. The van der Waals surface area contributed by atoms with E-state index in [0.717, 1.165) is 5.69 Å². The van der Waals surface area contributed by atoms with Crippen LogP contribution in [0.4, 0.5) is 17.2 Å². The van der Waals surface area contributed by atoms with Crippen molar-refractivity contribution in [3.8, 4) is 0 Å². The number of rotatable bonds is 6. The smallest absolute Gasteiger partial charge is 0.352 e. The van der Waals surface area contributed by atoms with E-state index in [0.29, 0.717) is 5.69 Å². The lowest BCUT2D eigenvalue weighted by Gasteiger charge is -2.06. The Morgan fingerprint density at radius 1 is 1.07 bits per heavy atom. The normalized spacial score (nSPS) is 11.5. The molecule has 0 fully saturated rings. The molecule has 0 spiro atoms. The van der Waals surface area contributed by atoms with E-state index in [2.05, 4.69) is 10.3 Å². The van der Waals surface area contributed by atoms with Crippen LogP contribution in [0.3, 0.4) is 0 Å². The molecule has 1 N–H and O–H groups in total. The Hall–Kier alpha value is -3.43. The first-order valence-corrected chi connectivity index (χ1v) is 10.8. The average molecular weight is 443 g/mol. The monoisotopic (exact) mass is 442 g/mol. The van der Waals surface area contributed by atoms with E-state index in [4.69, 9.17) is 11.6 Å². The van der Waals surface area contributed by atoms with E-state index < -0.39 is 26.3 Å². The quantitative estimate of drug-likeness (QED) is 0.345. The zero-order valence-corrected chi connectivity index (χ0v) is 17.0. The number of pyridine rings is 1. The first-order chi connectivity index (χ1) is 14.3. The molecule has 4 aromatic rings. The molecule has 0 amide bonds. The third-order valence-corrected chi connectivity index (χ3v) is 6.24. The second kappa shape index (κ2) is 7.77. The zero-order valence-electron chi connectivity index (χ0n) is 15.4. The molecular formula is C20H15ClN4O4S. The highest BCUT2D eigenvalue weighted by atomic mass is 35.5. The fourth-order valence-electron chi connectivity index (χ4n) is 3.10. The molecule has 10 heteroatoms. The highest BCUT2D eigenvalue weighted by Gasteiger charge is 2.29. The van der Waals surface area contributed by atoms with E-state index in [1.165, 1.54) is 22.7 Å². The molecule has 0 aliphatic carbocycles. The number of nitrogens with zero attached hydrogens (tertiary/aromatic N) is 3. The highest BCUT2D eigenvalue weighted by Crippen LogP contribution is 2.32. The van der Waals surface area contributed by atoms with Gasteiger partial charge >= 0.3 is 5.82 Å². The number of para-hydroxylation sites is 1. The van der Waals surface area contributed by atoms with Gasteiger partial charge in [-0.2, -0.15) is 4.40 Å². The van der Waals surface area contributed by atoms with Gasteiger partial charge in [0.2, 0.25) is 0 Å². The summed E-state index contributed by atoms with van der Waals surface area (Å²) in [5, 5.41) is 15.1. The number of benzene rings is 2. The Kier molecular flexibility index (Phi) is 5.15. The molecule has 30 heavy (non-hydrogen) atoms. The van der Waals surface area contributed by atoms with Gasteiger partial charge in [0.05, 0.1) is 9.92 Å². The number of aromatic nitrogens is 2. The lowest BCUT2D eigenvalue weighted by atomic mass is 10.3. The van der Waals surface area contributed by atoms with Gasteiger partial charge in [0.1, 0.15) is 17.6 Å². The summed E-state index contributed by atoms with van der Waals surface area (Å²) in [7, 11) is -3.83. The van der Waals surface area contributed by atoms with Crippen LogP contribution in [0.2, 0.25) is 5.02 Å². The minimum absolute atomic E-state index is 0.0667. The number of anilines is 2. The first-order valence-electron chi connectivity index (χ1n) is 8.80. The van der Waals surface area contributed by atoms with Crippen molar-refractivity contribution in [2.45, 2.75) is 10.6 Å². The largest absolute Gasteiger partial charge is 0.358 e. The molecule has 0 atom stereocenters. The number of nitro groups is 1. The molecule has 8 nitrogen and oxygen atoms in total. The van der Waals surface area contributed by atoms with Crippen molar-refractivity contribution in [1.29, 1.82) is 0 Å². The maximum Gasteiger partial charge on any atom is 0.352 e. The number of hydrogen-bond acceptors (Lipinski definition) is 6. The maximum atomic E-state index is 12.8. The molecule has 0 aliphatic rings. The number of hydrogen-bond donors (Lipinski definition) is 1. The van der Waals surface area contributed by atoms with Crippen molar-refractivity contribution in [1.82, 2.24) is 9.38 Å². The number of nitrogens with one attached hydrogen (secondary N) is 1. The summed E-state index contributed by atoms with van der Waals surface area (Å²) in [4.78, 5) is 15.5. The summed E-state index contributed by atoms with van der Waals surface area (Å²) in [6.45, 7) is 0. The lowest BCUT2D eigenvalue weighted by Crippen LogP contribution is -2.07. The summed E-state index contributed by atoms with van der Waals surface area (Å²) >= 11 is 6.18. The number of fused-ring (bicyclic) bond motifs is 1. The Morgan fingerprint density at radius 3 is 2.33 bits per heavy atom. The van der Waals surface area contributed by atoms with Crippen LogP contribution in [0.5, 0.6) is 0 Å². The predicted octanol–water partition coefficient (Wildman–Crippen LogP) is 4.61. The highest BCUT2D eigenvalue weighted by molar-refractivity contribution is 7.90. The van der Waals surface area contributed by atoms with Crippen LogP contribution < -0.4 is 5.32 Å². The number of halogens is 1. The maximum absolute atomic E-state index is 12.8. The van der Waals surface area contributed by atoms with Gasteiger partial charge in [-0.25, -0.2) is 13.4 Å². The fraction of sp³-hybridized carbons (Fsp3) is 0.0500. The molecule has 0 aliphatic heterocycles. The first kappa shape index (κ1) is 19.9. The zero-order chi connectivity index (χ0) is 21.3. The summed E-state index contributed by atoms with van der Waals surface area (Å²) in [5.74, 6) is -1.06. The fourth-order valence-corrected chi connectivity index (χ4v) is 4.60. The molecule has 2 aromatic heterocycles. The van der Waals surface area contributed by atoms with Crippen molar-refractivity contribution < 1.29 is 13.3 Å². The third-order valence-electron chi connectivity index (χ3n) is 4.39. The standard InChI is InChI=1S/C20H15ClN4O4S/c21-14-11-17(22-15-7-3-1-4-8-15)19-23-18(20(25(26)27)24(19)12-14)13-30(28,29)16-9-5-2-6-10-16/h1-12,22H,13H2. The van der Waals surface area contributed by atoms with Crippen molar-refractivity contribution in [2.75, 3.05) is 5.32 Å². The van der Waals surface area contributed by atoms with Gasteiger partial charge in [-0.1, -0.05) is 48.0 Å². The second-order valence-electron chi connectivity index (χ2n) is 6.47. The van der Waals surface area contributed by atoms with Gasteiger partial charge in [0.25, 0.3) is 5.65 Å². The number of imidazole rings is 1. The van der Waals surface area contributed by atoms with Crippen LogP contribution in [0.25, 0.3) is 5.65 Å². The van der Waals surface area contributed by atoms with Gasteiger partial charge < -0.3 is 15.4 Å². The molecule has 0 bridgehead atoms. The van der Waals surface area contributed by atoms with Gasteiger partial charge in [-0.3, -0.25) is 0 Å². The van der Waals surface area contributed by atoms with E-state index in [1.807, 2.05) is 30.3 Å². The molecule has 0 radical (unpaired) electrons. The van der Waals surface area contributed by atoms with Crippen LogP contribution in [0, 0.1) is 10.1 Å². The van der Waals surface area contributed by atoms with Crippen molar-refractivity contribution >= 4 is 44.3 Å². The van der Waals surface area contributed by atoms with Crippen LogP contribution in [-0.2, 0) is 15.6 Å². The lowest BCUT2D eigenvalue weighted by molar-refractivity contribution is -0.391. The van der Waals surface area contributed by atoms with Gasteiger partial charge in [0, 0.05) is 5.69 Å². The Labute approximate surface area is 176 Å². The van der Waals surface area contributed by atoms with Crippen LogP contribution in [0.1, 0.15) is 5.69 Å². The molecule has 0 saturated heterocycles. The number of sulfone groups is 1. The molecule has 2 heterocycles. The molecule has 4 rings (SSSR count). The van der Waals surface area contributed by atoms with Crippen LogP contribution in [0.15, 0.2) is 77.8 Å². The Morgan fingerprint density at radius 2 is 1.70 bits per heavy atom. The molecular weight excluding hydrogens is 428 g/mol. The van der Waals surface area contributed by atoms with E-state index in [9.17, 15) is 18.5 Å². The van der Waals surface area contributed by atoms with Crippen LogP contribution >= 0.6 is 11.6 Å². The average Bonchev–Trinajstić information content (AvgIpc) is 3.07. The van der Waals surface area contributed by atoms with Gasteiger partial charge in [-0.15, -0.1) is 0 Å². The molecule has 2 aromatic carbocycles. The summed E-state index contributed by atoms with van der Waals surface area (Å²) in [6, 6.07) is 18.5. The molecule has 152 valence electrons. The topological polar surface area (TPSA) is 107 Å². The van der Waals surface area contributed by atoms with E-state index in [1.54, 1.807) is 24.3 Å². The van der Waals surface area contributed by atoms with Crippen molar-refractivity contribution in [3.63, 3.8) is 0 Å². The second-order valence-corrected chi connectivity index (χ2v) is 8.89. The molecule has 0 saturated carbocycles. The van der Waals surface area contributed by atoms with E-state index in [-0.39, 0.29) is 21.3 Å². The van der Waals surface area contributed by atoms with Crippen molar-refractivity contribution in [3.05, 3.63) is 93.8 Å². The summed E-state index contributed by atoms with van der Waals surface area (Å²) in [5.41, 5.74) is 1.18. The van der Waals surface area contributed by atoms with Crippen molar-refractivity contribution in [2.24, 2.45) is 0 Å².